The smallest absolute Gasteiger partial charge is 0.255 e. The Morgan fingerprint density at radius 3 is 2.69 bits per heavy atom. The number of likely N-dealkylation sites (tertiary alicyclic amines) is 1. The van der Waals surface area contributed by atoms with Crippen molar-refractivity contribution in [3.8, 4) is 0 Å². The van der Waals surface area contributed by atoms with Gasteiger partial charge in [-0.3, -0.25) is 14.6 Å². The molecule has 9 nitrogen and oxygen atoms in total. The number of hydrogen-bond donors (Lipinski definition) is 1. The molecule has 0 radical (unpaired) electrons. The zero-order valence-corrected chi connectivity index (χ0v) is 17.0. The van der Waals surface area contributed by atoms with Crippen molar-refractivity contribution in [2.45, 2.75) is 38.3 Å². The van der Waals surface area contributed by atoms with Crippen LogP contribution >= 0.6 is 0 Å². The van der Waals surface area contributed by atoms with E-state index in [1.807, 2.05) is 0 Å². The Bertz CT molecular complexity index is 1080. The van der Waals surface area contributed by atoms with E-state index in [0.717, 1.165) is 19.1 Å². The summed E-state index contributed by atoms with van der Waals surface area (Å²) < 4.78 is 24.9. The molecule has 2 aromatic heterocycles. The summed E-state index contributed by atoms with van der Waals surface area (Å²) in [6, 6.07) is 3.04. The van der Waals surface area contributed by atoms with Crippen molar-refractivity contribution in [1.82, 2.24) is 24.2 Å². The molecule has 10 heteroatoms. The fourth-order valence-corrected chi connectivity index (χ4v) is 4.77. The van der Waals surface area contributed by atoms with Crippen LogP contribution in [-0.2, 0) is 23.0 Å². The fraction of sp³-hybridized carbons (Fsp3) is 0.474. The molecular weight excluding hydrogens is 394 g/mol. The van der Waals surface area contributed by atoms with Gasteiger partial charge in [-0.15, -0.1) is 0 Å². The highest BCUT2D eigenvalue weighted by atomic mass is 32.2. The van der Waals surface area contributed by atoms with Gasteiger partial charge >= 0.3 is 0 Å². The number of nitrogens with zero attached hydrogens (tertiary/aromatic N) is 4. The van der Waals surface area contributed by atoms with Gasteiger partial charge in [0, 0.05) is 44.0 Å². The van der Waals surface area contributed by atoms with Gasteiger partial charge in [-0.05, 0) is 31.4 Å². The summed E-state index contributed by atoms with van der Waals surface area (Å²) in [6.45, 7) is 0.918. The number of aromatic amines is 1. The molecule has 1 unspecified atom stereocenters. The minimum atomic E-state index is -3.37. The van der Waals surface area contributed by atoms with E-state index in [0.29, 0.717) is 48.6 Å². The lowest BCUT2D eigenvalue weighted by Gasteiger charge is -2.35. The van der Waals surface area contributed by atoms with Gasteiger partial charge in [-0.2, -0.15) is 4.31 Å². The van der Waals surface area contributed by atoms with Gasteiger partial charge in [0.25, 0.3) is 11.5 Å². The quantitative estimate of drug-likeness (QED) is 0.791. The molecule has 1 saturated heterocycles. The number of amides is 1. The molecule has 154 valence electrons. The summed E-state index contributed by atoms with van der Waals surface area (Å²) in [4.78, 5) is 38.9. The molecule has 1 N–H and O–H groups in total. The second kappa shape index (κ2) is 7.68. The number of carbonyl (C=O) groups excluding carboxylic acids is 1. The highest BCUT2D eigenvalue weighted by Gasteiger charge is 2.32. The number of rotatable bonds is 3. The van der Waals surface area contributed by atoms with E-state index in [-0.39, 0.29) is 24.1 Å². The van der Waals surface area contributed by atoms with Gasteiger partial charge in [-0.1, -0.05) is 0 Å². The van der Waals surface area contributed by atoms with E-state index >= 15 is 0 Å². The molecule has 2 aliphatic heterocycles. The van der Waals surface area contributed by atoms with E-state index in [1.54, 1.807) is 29.4 Å². The van der Waals surface area contributed by atoms with Crippen molar-refractivity contribution >= 4 is 15.9 Å². The first-order chi connectivity index (χ1) is 13.8. The number of fused-ring (bicyclic) bond motifs is 1. The zero-order chi connectivity index (χ0) is 20.6. The normalized spacial score (nSPS) is 20.3. The number of nitrogens with one attached hydrogen (secondary N) is 1. The third-order valence-electron chi connectivity index (χ3n) is 5.53. The van der Waals surface area contributed by atoms with E-state index in [9.17, 15) is 18.0 Å². The van der Waals surface area contributed by atoms with Gasteiger partial charge in [-0.25, -0.2) is 13.4 Å². The van der Waals surface area contributed by atoms with Crippen molar-refractivity contribution in [2.24, 2.45) is 0 Å². The van der Waals surface area contributed by atoms with Crippen LogP contribution in [0.4, 0.5) is 0 Å². The Kier molecular flexibility index (Phi) is 5.22. The topological polar surface area (TPSA) is 116 Å². The molecule has 0 aliphatic carbocycles. The van der Waals surface area contributed by atoms with Crippen LogP contribution in [0.5, 0.6) is 0 Å². The Balaban J connectivity index is 1.66. The lowest BCUT2D eigenvalue weighted by molar-refractivity contribution is 0.0598. The number of aromatic nitrogens is 3. The first-order valence-electron chi connectivity index (χ1n) is 9.62. The molecule has 0 spiro atoms. The van der Waals surface area contributed by atoms with Crippen LogP contribution in [0, 0.1) is 0 Å². The van der Waals surface area contributed by atoms with E-state index in [1.165, 1.54) is 4.31 Å². The van der Waals surface area contributed by atoms with Crippen LogP contribution in [0.2, 0.25) is 0 Å². The van der Waals surface area contributed by atoms with Crippen LogP contribution in [-0.4, -0.2) is 57.8 Å². The number of sulfonamides is 1. The van der Waals surface area contributed by atoms with E-state index < -0.39 is 10.0 Å². The maximum Gasteiger partial charge on any atom is 0.255 e. The Labute approximate surface area is 168 Å². The monoisotopic (exact) mass is 417 g/mol. The van der Waals surface area contributed by atoms with Crippen LogP contribution in [0.1, 0.15) is 52.7 Å². The molecule has 4 heterocycles. The Morgan fingerprint density at radius 2 is 1.97 bits per heavy atom. The minimum Gasteiger partial charge on any atom is -0.328 e. The van der Waals surface area contributed by atoms with Crippen molar-refractivity contribution in [2.75, 3.05) is 19.3 Å². The molecule has 2 aliphatic rings. The standard InChI is InChI=1S/C19H23N5O4S/c1-29(27,28)23-11-7-15-14(12-23)18(25)22-17(21-15)16-4-2-3-10-24(16)19(26)13-5-8-20-9-6-13/h5-6,8-9,16H,2-4,7,10-12H2,1H3,(H,21,22,25). The predicted molar refractivity (Wildman–Crippen MR) is 106 cm³/mol. The SMILES string of the molecule is CS(=O)(=O)N1CCc2nc(C3CCCCN3C(=O)c3ccncc3)[nH]c(=O)c2C1. The number of carbonyl (C=O) groups is 1. The second-order valence-corrected chi connectivity index (χ2v) is 9.45. The van der Waals surface area contributed by atoms with Crippen LogP contribution in [0.25, 0.3) is 0 Å². The molecule has 0 bridgehead atoms. The van der Waals surface area contributed by atoms with Crippen LogP contribution in [0.3, 0.4) is 0 Å². The van der Waals surface area contributed by atoms with Crippen molar-refractivity contribution in [3.05, 3.63) is 57.5 Å². The maximum absolute atomic E-state index is 13.0. The van der Waals surface area contributed by atoms with Gasteiger partial charge in [0.2, 0.25) is 10.0 Å². The fourth-order valence-electron chi connectivity index (χ4n) is 3.98. The molecule has 1 amide bonds. The Morgan fingerprint density at radius 1 is 1.21 bits per heavy atom. The highest BCUT2D eigenvalue weighted by molar-refractivity contribution is 7.88. The van der Waals surface area contributed by atoms with Gasteiger partial charge < -0.3 is 9.88 Å². The van der Waals surface area contributed by atoms with E-state index in [2.05, 4.69) is 15.0 Å². The molecule has 0 aromatic carbocycles. The molecule has 2 aromatic rings. The lowest BCUT2D eigenvalue weighted by atomic mass is 9.99. The molecule has 0 saturated carbocycles. The summed E-state index contributed by atoms with van der Waals surface area (Å²) in [5, 5.41) is 0. The van der Waals surface area contributed by atoms with Crippen LogP contribution < -0.4 is 5.56 Å². The first kappa shape index (κ1) is 19.7. The lowest BCUT2D eigenvalue weighted by Crippen LogP contribution is -2.42. The van der Waals surface area contributed by atoms with Gasteiger partial charge in [0.15, 0.2) is 0 Å². The van der Waals surface area contributed by atoms with Gasteiger partial charge in [0.05, 0.1) is 23.6 Å². The van der Waals surface area contributed by atoms with E-state index in [4.69, 9.17) is 0 Å². The maximum atomic E-state index is 13.0. The number of piperidine rings is 1. The predicted octanol–water partition coefficient (Wildman–Crippen LogP) is 0.850. The number of pyridine rings is 1. The minimum absolute atomic E-state index is 0.0289. The van der Waals surface area contributed by atoms with Gasteiger partial charge in [0.1, 0.15) is 5.82 Å². The third kappa shape index (κ3) is 3.95. The summed E-state index contributed by atoms with van der Waals surface area (Å²) in [7, 11) is -3.37. The average molecular weight is 417 g/mol. The second-order valence-electron chi connectivity index (χ2n) is 7.47. The molecule has 1 fully saturated rings. The Hall–Kier alpha value is -2.59. The summed E-state index contributed by atoms with van der Waals surface area (Å²) in [6.07, 6.45) is 7.23. The molecule has 1 atom stereocenters. The third-order valence-corrected chi connectivity index (χ3v) is 6.78. The summed E-state index contributed by atoms with van der Waals surface area (Å²) >= 11 is 0. The molecule has 29 heavy (non-hydrogen) atoms. The zero-order valence-electron chi connectivity index (χ0n) is 16.2. The first-order valence-corrected chi connectivity index (χ1v) is 11.5. The average Bonchev–Trinajstić information content (AvgIpc) is 2.73. The van der Waals surface area contributed by atoms with Crippen molar-refractivity contribution in [1.29, 1.82) is 0 Å². The summed E-state index contributed by atoms with van der Waals surface area (Å²) in [5.41, 5.74) is 1.22. The highest BCUT2D eigenvalue weighted by Crippen LogP contribution is 2.30. The van der Waals surface area contributed by atoms with Crippen molar-refractivity contribution < 1.29 is 13.2 Å². The molecule has 4 rings (SSSR count). The summed E-state index contributed by atoms with van der Waals surface area (Å²) in [5.74, 6) is 0.365. The van der Waals surface area contributed by atoms with Crippen LogP contribution in [0.15, 0.2) is 29.3 Å². The number of hydrogen-bond acceptors (Lipinski definition) is 6. The largest absolute Gasteiger partial charge is 0.328 e. The number of H-pyrrole nitrogens is 1. The molecular formula is C19H23N5O4S. The van der Waals surface area contributed by atoms with Crippen molar-refractivity contribution in [3.63, 3.8) is 0 Å².